The summed E-state index contributed by atoms with van der Waals surface area (Å²) >= 11 is 9.72. The van der Waals surface area contributed by atoms with E-state index in [1.807, 2.05) is 26.0 Å². The summed E-state index contributed by atoms with van der Waals surface area (Å²) in [4.78, 5) is 12.3. The summed E-state index contributed by atoms with van der Waals surface area (Å²) in [7, 11) is 0. The second kappa shape index (κ2) is 7.29. The Bertz CT molecular complexity index is 616. The Morgan fingerprint density at radius 1 is 1.29 bits per heavy atom. The van der Waals surface area contributed by atoms with E-state index in [2.05, 4.69) is 21.2 Å². The van der Waals surface area contributed by atoms with Gasteiger partial charge in [0.05, 0.1) is 18.1 Å². The molecule has 4 nitrogen and oxygen atoms in total. The lowest BCUT2D eigenvalue weighted by Crippen LogP contribution is -2.17. The summed E-state index contributed by atoms with van der Waals surface area (Å²) < 4.78 is 12.4. The molecule has 0 bridgehead atoms. The van der Waals surface area contributed by atoms with Gasteiger partial charge in [0.25, 0.3) is 5.91 Å². The van der Waals surface area contributed by atoms with E-state index >= 15 is 0 Å². The Labute approximate surface area is 141 Å². The van der Waals surface area contributed by atoms with Gasteiger partial charge < -0.3 is 14.8 Å². The zero-order chi connectivity index (χ0) is 15.4. The van der Waals surface area contributed by atoms with Crippen LogP contribution in [0.1, 0.15) is 19.4 Å². The maximum Gasteiger partial charge on any atom is 0.263 e. The SMILES string of the molecule is CCOc1cc(Br)c(/C=C2/SC(=S)NC2=O)cc1OCC. The van der Waals surface area contributed by atoms with Gasteiger partial charge in [0.1, 0.15) is 4.32 Å². The minimum absolute atomic E-state index is 0.177. The summed E-state index contributed by atoms with van der Waals surface area (Å²) in [5.41, 5.74) is 0.837. The van der Waals surface area contributed by atoms with Crippen molar-refractivity contribution in [3.05, 3.63) is 27.1 Å². The van der Waals surface area contributed by atoms with Crippen LogP contribution in [0.4, 0.5) is 0 Å². The number of nitrogens with one attached hydrogen (secondary N) is 1. The molecule has 0 unspecified atom stereocenters. The molecular formula is C14H14BrNO3S2. The predicted octanol–water partition coefficient (Wildman–Crippen LogP) is 3.74. The molecule has 1 fully saturated rings. The molecule has 0 aliphatic carbocycles. The molecule has 0 aromatic heterocycles. The predicted molar refractivity (Wildman–Crippen MR) is 92.8 cm³/mol. The number of hydrogen-bond donors (Lipinski definition) is 1. The Hall–Kier alpha value is -1.05. The van der Waals surface area contributed by atoms with E-state index in [4.69, 9.17) is 21.7 Å². The highest BCUT2D eigenvalue weighted by molar-refractivity contribution is 9.10. The third kappa shape index (κ3) is 3.99. The van der Waals surface area contributed by atoms with Crippen molar-refractivity contribution in [2.45, 2.75) is 13.8 Å². The summed E-state index contributed by atoms with van der Waals surface area (Å²) in [5.74, 6) is 1.15. The summed E-state index contributed by atoms with van der Waals surface area (Å²) in [6, 6.07) is 3.69. The number of rotatable bonds is 5. The van der Waals surface area contributed by atoms with E-state index in [0.717, 1.165) is 10.0 Å². The third-order valence-corrected chi connectivity index (χ3v) is 4.44. The Balaban J connectivity index is 2.40. The number of carbonyl (C=O) groups is 1. The molecule has 0 atom stereocenters. The highest BCUT2D eigenvalue weighted by Crippen LogP contribution is 2.36. The lowest BCUT2D eigenvalue weighted by atomic mass is 10.2. The van der Waals surface area contributed by atoms with Gasteiger partial charge in [-0.25, -0.2) is 0 Å². The molecule has 2 rings (SSSR count). The van der Waals surface area contributed by atoms with E-state index in [1.165, 1.54) is 11.8 Å². The number of amides is 1. The molecular weight excluding hydrogens is 374 g/mol. The van der Waals surface area contributed by atoms with Gasteiger partial charge in [-0.3, -0.25) is 4.79 Å². The molecule has 0 saturated carbocycles. The first kappa shape index (κ1) is 16.3. The Kier molecular flexibility index (Phi) is 5.66. The fraction of sp³-hybridized carbons (Fsp3) is 0.286. The van der Waals surface area contributed by atoms with Gasteiger partial charge in [-0.1, -0.05) is 39.9 Å². The van der Waals surface area contributed by atoms with Crippen LogP contribution in [0.15, 0.2) is 21.5 Å². The molecule has 1 saturated heterocycles. The molecule has 1 aliphatic rings. The van der Waals surface area contributed by atoms with Gasteiger partial charge >= 0.3 is 0 Å². The highest BCUT2D eigenvalue weighted by Gasteiger charge is 2.22. The maximum absolute atomic E-state index is 11.7. The monoisotopic (exact) mass is 387 g/mol. The van der Waals surface area contributed by atoms with E-state index in [9.17, 15) is 4.79 Å². The Morgan fingerprint density at radius 3 is 2.43 bits per heavy atom. The number of halogens is 1. The van der Waals surface area contributed by atoms with Gasteiger partial charge in [0.2, 0.25) is 0 Å². The van der Waals surface area contributed by atoms with Crippen molar-refractivity contribution in [3.63, 3.8) is 0 Å². The largest absolute Gasteiger partial charge is 0.490 e. The zero-order valence-electron chi connectivity index (χ0n) is 11.6. The fourth-order valence-electron chi connectivity index (χ4n) is 1.76. The highest BCUT2D eigenvalue weighted by atomic mass is 79.9. The first-order valence-electron chi connectivity index (χ1n) is 6.39. The van der Waals surface area contributed by atoms with Gasteiger partial charge in [-0.15, -0.1) is 0 Å². The van der Waals surface area contributed by atoms with E-state index < -0.39 is 0 Å². The number of thiocarbonyl (C=S) groups is 1. The van der Waals surface area contributed by atoms with Gasteiger partial charge in [-0.2, -0.15) is 0 Å². The Morgan fingerprint density at radius 2 is 1.90 bits per heavy atom. The standard InChI is InChI=1S/C14H14BrNO3S2/c1-3-18-10-5-8(9(15)7-11(10)19-4-2)6-12-13(17)16-14(20)21-12/h5-7H,3-4H2,1-2H3,(H,16,17,20)/b12-6+. The molecule has 1 aromatic rings. The number of ether oxygens (including phenoxy) is 2. The van der Waals surface area contributed by atoms with Crippen molar-refractivity contribution in [1.82, 2.24) is 5.32 Å². The van der Waals surface area contributed by atoms with Crippen molar-refractivity contribution in [2.24, 2.45) is 0 Å². The van der Waals surface area contributed by atoms with Crippen LogP contribution in [-0.4, -0.2) is 23.4 Å². The van der Waals surface area contributed by atoms with Gasteiger partial charge in [-0.05, 0) is 37.6 Å². The summed E-state index contributed by atoms with van der Waals surface area (Å²) in [6.45, 7) is 4.92. The number of thioether (sulfide) groups is 1. The maximum atomic E-state index is 11.7. The van der Waals surface area contributed by atoms with Crippen molar-refractivity contribution >= 4 is 56.2 Å². The minimum Gasteiger partial charge on any atom is -0.490 e. The van der Waals surface area contributed by atoms with Crippen LogP contribution in [-0.2, 0) is 4.79 Å². The van der Waals surface area contributed by atoms with Crippen LogP contribution >= 0.6 is 39.9 Å². The third-order valence-electron chi connectivity index (χ3n) is 2.59. The molecule has 0 radical (unpaired) electrons. The lowest BCUT2D eigenvalue weighted by molar-refractivity contribution is -0.115. The average Bonchev–Trinajstić information content (AvgIpc) is 2.73. The quantitative estimate of drug-likeness (QED) is 0.615. The molecule has 1 heterocycles. The lowest BCUT2D eigenvalue weighted by Gasteiger charge is -2.13. The molecule has 0 spiro atoms. The van der Waals surface area contributed by atoms with Gasteiger partial charge in [0.15, 0.2) is 11.5 Å². The number of hydrogen-bond acceptors (Lipinski definition) is 5. The van der Waals surface area contributed by atoms with Crippen LogP contribution in [0.5, 0.6) is 11.5 Å². The molecule has 1 amide bonds. The van der Waals surface area contributed by atoms with Crippen LogP contribution in [0.2, 0.25) is 0 Å². The van der Waals surface area contributed by atoms with Gasteiger partial charge in [0, 0.05) is 4.47 Å². The van der Waals surface area contributed by atoms with Crippen LogP contribution in [0, 0.1) is 0 Å². The van der Waals surface area contributed by atoms with Crippen LogP contribution in [0.25, 0.3) is 6.08 Å². The first-order chi connectivity index (χ1) is 10.0. The van der Waals surface area contributed by atoms with Crippen molar-refractivity contribution in [1.29, 1.82) is 0 Å². The summed E-state index contributed by atoms with van der Waals surface area (Å²) in [6.07, 6.45) is 1.78. The fourth-order valence-corrected chi connectivity index (χ4v) is 3.23. The number of benzene rings is 1. The molecule has 1 aliphatic heterocycles. The number of carbonyl (C=O) groups excluding carboxylic acids is 1. The first-order valence-corrected chi connectivity index (χ1v) is 8.41. The van der Waals surface area contributed by atoms with Crippen molar-refractivity contribution in [3.8, 4) is 11.5 Å². The smallest absolute Gasteiger partial charge is 0.263 e. The molecule has 112 valence electrons. The van der Waals surface area contributed by atoms with Crippen molar-refractivity contribution < 1.29 is 14.3 Å². The van der Waals surface area contributed by atoms with E-state index in [-0.39, 0.29) is 5.91 Å². The van der Waals surface area contributed by atoms with Crippen molar-refractivity contribution in [2.75, 3.05) is 13.2 Å². The topological polar surface area (TPSA) is 47.6 Å². The molecule has 7 heteroatoms. The average molecular weight is 388 g/mol. The second-order valence-corrected chi connectivity index (χ2v) is 6.61. The zero-order valence-corrected chi connectivity index (χ0v) is 14.8. The van der Waals surface area contributed by atoms with Crippen LogP contribution < -0.4 is 14.8 Å². The molecule has 1 aromatic carbocycles. The van der Waals surface area contributed by atoms with E-state index in [1.54, 1.807) is 6.08 Å². The van der Waals surface area contributed by atoms with Crippen LogP contribution in [0.3, 0.4) is 0 Å². The van der Waals surface area contributed by atoms with E-state index in [0.29, 0.717) is 33.9 Å². The second-order valence-electron chi connectivity index (χ2n) is 4.04. The normalized spacial score (nSPS) is 16.2. The summed E-state index contributed by atoms with van der Waals surface area (Å²) in [5, 5.41) is 2.59. The molecule has 1 N–H and O–H groups in total. The minimum atomic E-state index is -0.177. The molecule has 21 heavy (non-hydrogen) atoms.